The predicted molar refractivity (Wildman–Crippen MR) is 100 cm³/mol. The summed E-state index contributed by atoms with van der Waals surface area (Å²) < 4.78 is 0. The summed E-state index contributed by atoms with van der Waals surface area (Å²) in [5.74, 6) is 0. The quantitative estimate of drug-likeness (QED) is 0.630. The fourth-order valence-electron chi connectivity index (χ4n) is 3.70. The summed E-state index contributed by atoms with van der Waals surface area (Å²) in [5, 5.41) is 0. The van der Waals surface area contributed by atoms with Gasteiger partial charge >= 0.3 is 0 Å². The molecule has 4 rings (SSSR count). The van der Waals surface area contributed by atoms with E-state index in [9.17, 15) is 0 Å². The maximum atomic E-state index is 4.39. The normalized spacial score (nSPS) is 15.5. The minimum absolute atomic E-state index is 0.237. The van der Waals surface area contributed by atoms with Crippen molar-refractivity contribution < 1.29 is 0 Å². The van der Waals surface area contributed by atoms with Gasteiger partial charge in [0, 0.05) is 17.6 Å². The van der Waals surface area contributed by atoms with Gasteiger partial charge in [-0.25, -0.2) is 0 Å². The number of hydrogen-bond donors (Lipinski definition) is 0. The largest absolute Gasteiger partial charge is 0.316 e. The van der Waals surface area contributed by atoms with Gasteiger partial charge in [0.1, 0.15) is 5.66 Å². The highest BCUT2D eigenvalue weighted by atomic mass is 15.5. The topological polar surface area (TPSA) is 19.4 Å². The average Bonchev–Trinajstić information content (AvgIpc) is 2.82. The third-order valence-electron chi connectivity index (χ3n) is 4.72. The zero-order valence-corrected chi connectivity index (χ0v) is 14.3. The summed E-state index contributed by atoms with van der Waals surface area (Å²) in [7, 11) is 0. The van der Waals surface area contributed by atoms with Crippen molar-refractivity contribution in [3.05, 3.63) is 78.6 Å². The Morgan fingerprint density at radius 1 is 0.750 bits per heavy atom. The van der Waals surface area contributed by atoms with Crippen molar-refractivity contribution in [3.63, 3.8) is 0 Å². The molecule has 2 heterocycles. The predicted octanol–water partition coefficient (Wildman–Crippen LogP) is 5.42. The number of rotatable bonds is 2. The van der Waals surface area contributed by atoms with Gasteiger partial charge in [-0.3, -0.25) is 4.98 Å². The number of fused-ring (bicyclic) bond motifs is 1. The number of nitrogens with zero attached hydrogens (tertiary/aromatic N) is 3. The van der Waals surface area contributed by atoms with Gasteiger partial charge in [0.15, 0.2) is 0 Å². The van der Waals surface area contributed by atoms with Crippen LogP contribution in [0.2, 0.25) is 0 Å². The molecule has 3 nitrogen and oxygen atoms in total. The van der Waals surface area contributed by atoms with Crippen LogP contribution in [0, 0.1) is 6.92 Å². The van der Waals surface area contributed by atoms with Crippen LogP contribution in [0.15, 0.2) is 73.1 Å². The molecule has 3 aromatic rings. The molecule has 3 heteroatoms. The Kier molecular flexibility index (Phi) is 3.31. The van der Waals surface area contributed by atoms with Gasteiger partial charge in [0.05, 0.1) is 17.6 Å². The van der Waals surface area contributed by atoms with Crippen LogP contribution in [0.5, 0.6) is 0 Å². The van der Waals surface area contributed by atoms with Crippen LogP contribution in [-0.2, 0) is 0 Å². The maximum absolute atomic E-state index is 4.39. The molecule has 0 N–H and O–H groups in total. The molecule has 0 amide bonds. The molecule has 0 aliphatic carbocycles. The van der Waals surface area contributed by atoms with E-state index in [4.69, 9.17) is 0 Å². The molecule has 0 saturated carbocycles. The molecule has 1 aliphatic heterocycles. The molecular weight excluding hydrogens is 294 g/mol. The maximum Gasteiger partial charge on any atom is 0.116 e. The number of anilines is 4. The second kappa shape index (κ2) is 5.38. The third-order valence-corrected chi connectivity index (χ3v) is 4.72. The SMILES string of the molecule is Cc1ccccc1N1c2cnccc2N(c2ccccc2)C1(C)C. The lowest BCUT2D eigenvalue weighted by atomic mass is 10.1. The van der Waals surface area contributed by atoms with Crippen molar-refractivity contribution in [2.75, 3.05) is 9.80 Å². The van der Waals surface area contributed by atoms with E-state index in [0.717, 1.165) is 5.69 Å². The Morgan fingerprint density at radius 3 is 2.21 bits per heavy atom. The summed E-state index contributed by atoms with van der Waals surface area (Å²) in [6.07, 6.45) is 3.83. The zero-order valence-electron chi connectivity index (χ0n) is 14.3. The molecule has 0 atom stereocenters. The van der Waals surface area contributed by atoms with Crippen LogP contribution in [0.3, 0.4) is 0 Å². The van der Waals surface area contributed by atoms with Crippen LogP contribution in [0.1, 0.15) is 19.4 Å². The highest BCUT2D eigenvalue weighted by Gasteiger charge is 2.44. The molecule has 0 unspecified atom stereocenters. The summed E-state index contributed by atoms with van der Waals surface area (Å²) in [6.45, 7) is 6.67. The summed E-state index contributed by atoms with van der Waals surface area (Å²) in [4.78, 5) is 9.16. The lowest BCUT2D eigenvalue weighted by Crippen LogP contribution is -2.48. The van der Waals surface area contributed by atoms with E-state index in [1.165, 1.54) is 22.6 Å². The van der Waals surface area contributed by atoms with E-state index < -0.39 is 0 Å². The summed E-state index contributed by atoms with van der Waals surface area (Å²) in [6, 6.07) is 21.2. The molecular formula is C21H21N3. The van der Waals surface area contributed by atoms with Crippen LogP contribution < -0.4 is 9.80 Å². The molecule has 120 valence electrons. The Balaban J connectivity index is 1.96. The molecule has 0 fully saturated rings. The third kappa shape index (κ3) is 2.08. The van der Waals surface area contributed by atoms with E-state index in [0.29, 0.717) is 0 Å². The number of hydrogen-bond acceptors (Lipinski definition) is 3. The van der Waals surface area contributed by atoms with Crippen LogP contribution in [0.25, 0.3) is 0 Å². The average molecular weight is 315 g/mol. The molecule has 0 spiro atoms. The number of aryl methyl sites for hydroxylation is 1. The van der Waals surface area contributed by atoms with Crippen molar-refractivity contribution in [2.45, 2.75) is 26.4 Å². The van der Waals surface area contributed by atoms with Crippen molar-refractivity contribution in [2.24, 2.45) is 0 Å². The fraction of sp³-hybridized carbons (Fsp3) is 0.190. The van der Waals surface area contributed by atoms with Crippen molar-refractivity contribution in [3.8, 4) is 0 Å². The lowest BCUT2D eigenvalue weighted by molar-refractivity contribution is 0.539. The van der Waals surface area contributed by atoms with Crippen molar-refractivity contribution >= 4 is 22.7 Å². The number of aromatic nitrogens is 1. The number of benzene rings is 2. The first-order chi connectivity index (χ1) is 11.6. The first-order valence-electron chi connectivity index (χ1n) is 8.26. The summed E-state index contributed by atoms with van der Waals surface area (Å²) >= 11 is 0. The minimum atomic E-state index is -0.237. The highest BCUT2D eigenvalue weighted by molar-refractivity contribution is 5.89. The Morgan fingerprint density at radius 2 is 1.46 bits per heavy atom. The molecule has 0 radical (unpaired) electrons. The Bertz CT molecular complexity index is 871. The van der Waals surface area contributed by atoms with E-state index >= 15 is 0 Å². The molecule has 0 bridgehead atoms. The van der Waals surface area contributed by atoms with Gasteiger partial charge in [0.25, 0.3) is 0 Å². The monoisotopic (exact) mass is 315 g/mol. The van der Waals surface area contributed by atoms with Gasteiger partial charge in [-0.15, -0.1) is 0 Å². The Labute approximate surface area is 143 Å². The second-order valence-electron chi connectivity index (χ2n) is 6.65. The van der Waals surface area contributed by atoms with Gasteiger partial charge in [0.2, 0.25) is 0 Å². The highest BCUT2D eigenvalue weighted by Crippen LogP contribution is 2.52. The lowest BCUT2D eigenvalue weighted by Gasteiger charge is -2.41. The molecule has 1 aromatic heterocycles. The smallest absolute Gasteiger partial charge is 0.116 e. The van der Waals surface area contributed by atoms with Gasteiger partial charge < -0.3 is 9.80 Å². The first kappa shape index (κ1) is 14.8. The number of pyridine rings is 1. The van der Waals surface area contributed by atoms with Crippen LogP contribution in [0.4, 0.5) is 22.7 Å². The van der Waals surface area contributed by atoms with Crippen molar-refractivity contribution in [1.82, 2.24) is 4.98 Å². The zero-order chi connectivity index (χ0) is 16.7. The fourth-order valence-corrected chi connectivity index (χ4v) is 3.70. The van der Waals surface area contributed by atoms with Crippen molar-refractivity contribution in [1.29, 1.82) is 0 Å². The summed E-state index contributed by atoms with van der Waals surface area (Å²) in [5.41, 5.74) is 5.75. The van der Waals surface area contributed by atoms with Gasteiger partial charge in [-0.2, -0.15) is 0 Å². The van der Waals surface area contributed by atoms with Gasteiger partial charge in [-0.05, 0) is 50.6 Å². The molecule has 0 saturated heterocycles. The van der Waals surface area contributed by atoms with Crippen LogP contribution >= 0.6 is 0 Å². The molecule has 1 aliphatic rings. The van der Waals surface area contributed by atoms with E-state index in [1.54, 1.807) is 0 Å². The van der Waals surface area contributed by atoms with E-state index in [-0.39, 0.29) is 5.66 Å². The van der Waals surface area contributed by atoms with E-state index in [1.807, 2.05) is 12.4 Å². The first-order valence-corrected chi connectivity index (χ1v) is 8.26. The minimum Gasteiger partial charge on any atom is -0.316 e. The molecule has 2 aromatic carbocycles. The van der Waals surface area contributed by atoms with Gasteiger partial charge in [-0.1, -0.05) is 36.4 Å². The second-order valence-corrected chi connectivity index (χ2v) is 6.65. The van der Waals surface area contributed by atoms with Crippen LogP contribution in [-0.4, -0.2) is 10.6 Å². The number of para-hydroxylation sites is 2. The standard InChI is InChI=1S/C21H21N3/c1-16-9-7-8-12-18(16)24-20-15-22-14-13-19(20)23(21(24,2)3)17-10-5-4-6-11-17/h4-15H,1-3H3. The molecule has 24 heavy (non-hydrogen) atoms. The van der Waals surface area contributed by atoms with E-state index in [2.05, 4.69) is 96.2 Å². The Hall–Kier alpha value is -2.81.